The van der Waals surface area contributed by atoms with Gasteiger partial charge in [0, 0.05) is 13.1 Å². The van der Waals surface area contributed by atoms with Gasteiger partial charge in [-0.1, -0.05) is 6.92 Å². The molecular formula is C6H16N2O4S2. The first kappa shape index (κ1) is 14.0. The van der Waals surface area contributed by atoms with E-state index in [0.717, 1.165) is 6.42 Å². The molecule has 1 unspecified atom stereocenters. The molecule has 0 aromatic rings. The zero-order valence-electron chi connectivity index (χ0n) is 8.02. The molecular weight excluding hydrogens is 228 g/mol. The Morgan fingerprint density at radius 2 is 2.00 bits per heavy atom. The second-order valence-electron chi connectivity index (χ2n) is 2.71. The van der Waals surface area contributed by atoms with Crippen molar-refractivity contribution >= 4 is 21.3 Å². The first-order valence-corrected chi connectivity index (χ1v) is 7.05. The van der Waals surface area contributed by atoms with Crippen LogP contribution in [0.2, 0.25) is 0 Å². The quantitative estimate of drug-likeness (QED) is 0.394. The van der Waals surface area contributed by atoms with Gasteiger partial charge in [0.25, 0.3) is 0 Å². The van der Waals surface area contributed by atoms with Crippen LogP contribution in [0.25, 0.3) is 0 Å². The predicted molar refractivity (Wildman–Crippen MR) is 55.5 cm³/mol. The van der Waals surface area contributed by atoms with Gasteiger partial charge in [-0.05, 0) is 12.8 Å². The van der Waals surface area contributed by atoms with Gasteiger partial charge < -0.3 is 0 Å². The molecule has 0 heterocycles. The molecule has 0 aliphatic carbocycles. The van der Waals surface area contributed by atoms with E-state index in [1.165, 1.54) is 0 Å². The van der Waals surface area contributed by atoms with E-state index in [1.807, 2.05) is 6.92 Å². The summed E-state index contributed by atoms with van der Waals surface area (Å²) >= 11 is -2.06. The summed E-state index contributed by atoms with van der Waals surface area (Å²) in [6.07, 6.45) is 1.06. The van der Waals surface area contributed by atoms with Crippen LogP contribution in [0.1, 0.15) is 19.8 Å². The van der Waals surface area contributed by atoms with Crippen molar-refractivity contribution in [3.63, 3.8) is 0 Å². The van der Waals surface area contributed by atoms with E-state index in [-0.39, 0.29) is 12.3 Å². The lowest BCUT2D eigenvalue weighted by atomic mass is 10.5. The highest BCUT2D eigenvalue weighted by Crippen LogP contribution is 1.89. The molecule has 0 rings (SSSR count). The maximum Gasteiger partial charge on any atom is 0.231 e. The number of hydrogen-bond donors (Lipinski definition) is 3. The van der Waals surface area contributed by atoms with E-state index in [4.69, 9.17) is 4.55 Å². The Labute approximate surface area is 86.9 Å². The number of sulfonamides is 1. The molecule has 8 heteroatoms. The van der Waals surface area contributed by atoms with Crippen molar-refractivity contribution in [3.05, 3.63) is 0 Å². The molecule has 0 saturated carbocycles. The molecule has 0 bridgehead atoms. The highest BCUT2D eigenvalue weighted by atomic mass is 32.2. The van der Waals surface area contributed by atoms with E-state index < -0.39 is 21.3 Å². The first-order valence-electron chi connectivity index (χ1n) is 4.29. The van der Waals surface area contributed by atoms with Gasteiger partial charge >= 0.3 is 0 Å². The minimum absolute atomic E-state index is 0.0306. The summed E-state index contributed by atoms with van der Waals surface area (Å²) in [5, 5.41) is 0. The summed E-state index contributed by atoms with van der Waals surface area (Å²) in [4.78, 5) is 0. The van der Waals surface area contributed by atoms with Gasteiger partial charge in [-0.3, -0.25) is 4.55 Å². The van der Waals surface area contributed by atoms with E-state index in [9.17, 15) is 12.6 Å². The Balaban J connectivity index is 3.61. The van der Waals surface area contributed by atoms with Crippen molar-refractivity contribution in [2.24, 2.45) is 0 Å². The minimum atomic E-state index is -3.21. The number of rotatable bonds is 8. The largest absolute Gasteiger partial charge is 0.294 e. The lowest BCUT2D eigenvalue weighted by Gasteiger charge is -2.04. The standard InChI is InChI=1S/C6H16N2O4S2/c1-2-4-8-14(11,12)6-3-5-7-13(9)10/h7-8H,2-6H2,1H3,(H,9,10). The fourth-order valence-electron chi connectivity index (χ4n) is 0.751. The summed E-state index contributed by atoms with van der Waals surface area (Å²) in [6.45, 7) is 2.51. The van der Waals surface area contributed by atoms with Crippen LogP contribution < -0.4 is 9.44 Å². The maximum atomic E-state index is 11.2. The third-order valence-electron chi connectivity index (χ3n) is 1.39. The monoisotopic (exact) mass is 244 g/mol. The van der Waals surface area contributed by atoms with Crippen molar-refractivity contribution in [1.82, 2.24) is 9.44 Å². The van der Waals surface area contributed by atoms with Crippen LogP contribution >= 0.6 is 0 Å². The van der Waals surface area contributed by atoms with Gasteiger partial charge in [-0.2, -0.15) is 0 Å². The molecule has 0 aromatic carbocycles. The molecule has 0 amide bonds. The molecule has 0 aromatic heterocycles. The van der Waals surface area contributed by atoms with Gasteiger partial charge in [0.15, 0.2) is 0 Å². The Hall–Kier alpha value is -0.0200. The lowest BCUT2D eigenvalue weighted by Crippen LogP contribution is -2.29. The summed E-state index contributed by atoms with van der Waals surface area (Å²) < 4.78 is 45.4. The number of nitrogens with one attached hydrogen (secondary N) is 2. The summed E-state index contributed by atoms with van der Waals surface area (Å²) in [7, 11) is -3.21. The van der Waals surface area contributed by atoms with Crippen molar-refractivity contribution in [2.75, 3.05) is 18.8 Å². The molecule has 14 heavy (non-hydrogen) atoms. The van der Waals surface area contributed by atoms with Crippen molar-refractivity contribution in [3.8, 4) is 0 Å². The van der Waals surface area contributed by atoms with Crippen molar-refractivity contribution < 1.29 is 17.2 Å². The number of hydrogen-bond acceptors (Lipinski definition) is 3. The van der Waals surface area contributed by atoms with Crippen LogP contribution in [0.15, 0.2) is 0 Å². The zero-order chi connectivity index (χ0) is 11.0. The third-order valence-corrected chi connectivity index (χ3v) is 3.31. The highest BCUT2D eigenvalue weighted by Gasteiger charge is 2.07. The topological polar surface area (TPSA) is 95.5 Å². The first-order chi connectivity index (χ1) is 6.48. The van der Waals surface area contributed by atoms with Crippen LogP contribution in [-0.2, 0) is 21.3 Å². The summed E-state index contributed by atoms with van der Waals surface area (Å²) in [6, 6.07) is 0. The van der Waals surface area contributed by atoms with E-state index >= 15 is 0 Å². The van der Waals surface area contributed by atoms with Gasteiger partial charge in [0.2, 0.25) is 21.3 Å². The average Bonchev–Trinajstić information content (AvgIpc) is 2.09. The van der Waals surface area contributed by atoms with Crippen LogP contribution in [-0.4, -0.2) is 36.0 Å². The second-order valence-corrected chi connectivity index (χ2v) is 5.42. The fourth-order valence-corrected chi connectivity index (χ4v) is 2.25. The van der Waals surface area contributed by atoms with E-state index in [0.29, 0.717) is 13.0 Å². The van der Waals surface area contributed by atoms with Gasteiger partial charge in [0.1, 0.15) is 0 Å². The second kappa shape index (κ2) is 7.30. The Morgan fingerprint density at radius 3 is 2.50 bits per heavy atom. The van der Waals surface area contributed by atoms with Crippen LogP contribution in [0.3, 0.4) is 0 Å². The molecule has 3 N–H and O–H groups in total. The highest BCUT2D eigenvalue weighted by molar-refractivity contribution is 7.89. The fraction of sp³-hybridized carbons (Fsp3) is 1.00. The SMILES string of the molecule is CCCNS(=O)(=O)CCCNS(=O)O. The van der Waals surface area contributed by atoms with Crippen LogP contribution in [0.5, 0.6) is 0 Å². The molecule has 1 atom stereocenters. The minimum Gasteiger partial charge on any atom is -0.294 e. The van der Waals surface area contributed by atoms with Crippen molar-refractivity contribution in [2.45, 2.75) is 19.8 Å². The van der Waals surface area contributed by atoms with Gasteiger partial charge in [-0.25, -0.2) is 22.1 Å². The zero-order valence-corrected chi connectivity index (χ0v) is 9.66. The molecule has 0 fully saturated rings. The third kappa shape index (κ3) is 8.57. The molecule has 6 nitrogen and oxygen atoms in total. The molecule has 0 radical (unpaired) electrons. The van der Waals surface area contributed by atoms with Crippen LogP contribution in [0, 0.1) is 0 Å². The molecule has 86 valence electrons. The van der Waals surface area contributed by atoms with E-state index in [1.54, 1.807) is 0 Å². The molecule has 0 aliphatic heterocycles. The Kier molecular flexibility index (Phi) is 7.28. The van der Waals surface area contributed by atoms with Crippen molar-refractivity contribution in [1.29, 1.82) is 0 Å². The normalized spacial score (nSPS) is 14.1. The Morgan fingerprint density at radius 1 is 1.36 bits per heavy atom. The summed E-state index contributed by atoms with van der Waals surface area (Å²) in [5.74, 6) is -0.0306. The lowest BCUT2D eigenvalue weighted by molar-refractivity contribution is 0.546. The molecule has 0 aliphatic rings. The smallest absolute Gasteiger partial charge is 0.231 e. The van der Waals surface area contributed by atoms with Gasteiger partial charge in [0.05, 0.1) is 5.75 Å². The molecule has 0 saturated heterocycles. The Bertz CT molecular complexity index is 265. The van der Waals surface area contributed by atoms with Crippen LogP contribution in [0.4, 0.5) is 0 Å². The van der Waals surface area contributed by atoms with E-state index in [2.05, 4.69) is 9.44 Å². The average molecular weight is 244 g/mol. The van der Waals surface area contributed by atoms with Gasteiger partial charge in [-0.15, -0.1) is 0 Å². The summed E-state index contributed by atoms with van der Waals surface area (Å²) in [5.41, 5.74) is 0. The predicted octanol–water partition coefficient (Wildman–Crippen LogP) is -0.568. The molecule has 0 spiro atoms. The maximum absolute atomic E-state index is 11.2.